The van der Waals surface area contributed by atoms with Crippen LogP contribution in [-0.2, 0) is 16.0 Å². The molecule has 0 spiro atoms. The lowest BCUT2D eigenvalue weighted by atomic mass is 10.1. The minimum absolute atomic E-state index is 0.168. The van der Waals surface area contributed by atoms with Crippen molar-refractivity contribution in [2.45, 2.75) is 12.8 Å². The van der Waals surface area contributed by atoms with Gasteiger partial charge in [0.1, 0.15) is 0 Å². The van der Waals surface area contributed by atoms with Crippen LogP contribution in [0.5, 0.6) is 0 Å². The summed E-state index contributed by atoms with van der Waals surface area (Å²) >= 11 is 0. The van der Waals surface area contributed by atoms with E-state index in [1.807, 2.05) is 0 Å². The Morgan fingerprint density at radius 3 is 2.68 bits per heavy atom. The van der Waals surface area contributed by atoms with Crippen LogP contribution in [-0.4, -0.2) is 26.2 Å². The van der Waals surface area contributed by atoms with Gasteiger partial charge in [-0.2, -0.15) is 0 Å². The highest BCUT2D eigenvalue weighted by molar-refractivity contribution is 5.82. The van der Waals surface area contributed by atoms with Crippen LogP contribution < -0.4 is 5.32 Å². The summed E-state index contributed by atoms with van der Waals surface area (Å²) in [6, 6.07) is 14.9. The quantitative estimate of drug-likeness (QED) is 0.638. The lowest BCUT2D eigenvalue weighted by Crippen LogP contribution is -2.21. The molecule has 0 unspecified atom stereocenters. The van der Waals surface area contributed by atoms with Crippen molar-refractivity contribution in [2.75, 3.05) is 20.2 Å². The summed E-state index contributed by atoms with van der Waals surface area (Å²) in [7, 11) is 1.41. The molecule has 0 atom stereocenters. The van der Waals surface area contributed by atoms with Gasteiger partial charge >= 0.3 is 5.97 Å². The van der Waals surface area contributed by atoms with Crippen molar-refractivity contribution in [2.24, 2.45) is 0 Å². The summed E-state index contributed by atoms with van der Waals surface area (Å²) in [6.07, 6.45) is 1.39. The summed E-state index contributed by atoms with van der Waals surface area (Å²) in [6.45, 7) is 1.54. The number of ether oxygens (including phenoxy) is 1. The molecule has 1 N–H and O–H groups in total. The molecule has 3 nitrogen and oxygen atoms in total. The fraction of sp³-hybridized carbons (Fsp3) is 0.312. The summed E-state index contributed by atoms with van der Waals surface area (Å²) in [5.74, 6) is -0.168. The van der Waals surface area contributed by atoms with Gasteiger partial charge in [-0.15, -0.1) is 0 Å². The Morgan fingerprint density at radius 2 is 1.89 bits per heavy atom. The van der Waals surface area contributed by atoms with Crippen molar-refractivity contribution >= 4 is 16.7 Å². The standard InChI is InChI=1S/C16H19NO2/c1-19-16(18)9-11-17-10-8-13-6-7-14-4-2-3-5-15(14)12-13/h2-7,12,17H,8-11H2,1H3. The number of hydrogen-bond donors (Lipinski definition) is 1. The summed E-state index contributed by atoms with van der Waals surface area (Å²) in [5.41, 5.74) is 1.31. The maximum atomic E-state index is 10.9. The van der Waals surface area contributed by atoms with E-state index in [0.717, 1.165) is 13.0 Å². The molecule has 100 valence electrons. The first-order valence-electron chi connectivity index (χ1n) is 6.55. The molecule has 0 aliphatic heterocycles. The molecule has 2 aromatic rings. The second-order valence-electron chi connectivity index (χ2n) is 4.51. The highest BCUT2D eigenvalue weighted by atomic mass is 16.5. The van der Waals surface area contributed by atoms with Gasteiger partial charge in [0.15, 0.2) is 0 Å². The Bertz CT molecular complexity index is 551. The minimum atomic E-state index is -0.168. The highest BCUT2D eigenvalue weighted by Crippen LogP contribution is 2.15. The van der Waals surface area contributed by atoms with Gasteiger partial charge in [0.25, 0.3) is 0 Å². The number of esters is 1. The molecule has 0 saturated carbocycles. The fourth-order valence-electron chi connectivity index (χ4n) is 2.04. The van der Waals surface area contributed by atoms with Crippen LogP contribution >= 0.6 is 0 Å². The molecule has 0 radical (unpaired) electrons. The molecule has 2 rings (SSSR count). The third-order valence-electron chi connectivity index (χ3n) is 3.14. The smallest absolute Gasteiger partial charge is 0.306 e. The van der Waals surface area contributed by atoms with Gasteiger partial charge in [-0.05, 0) is 29.3 Å². The van der Waals surface area contributed by atoms with Crippen LogP contribution in [0.15, 0.2) is 42.5 Å². The zero-order valence-electron chi connectivity index (χ0n) is 11.2. The van der Waals surface area contributed by atoms with Gasteiger partial charge < -0.3 is 10.1 Å². The molecule has 19 heavy (non-hydrogen) atoms. The lowest BCUT2D eigenvalue weighted by molar-refractivity contribution is -0.140. The number of benzene rings is 2. The molecule has 0 amide bonds. The van der Waals surface area contributed by atoms with Crippen molar-refractivity contribution in [3.05, 3.63) is 48.0 Å². The van der Waals surface area contributed by atoms with Crippen LogP contribution in [0.1, 0.15) is 12.0 Å². The van der Waals surface area contributed by atoms with Crippen molar-refractivity contribution in [1.82, 2.24) is 5.32 Å². The predicted octanol–water partition coefficient (Wildman–Crippen LogP) is 2.54. The summed E-state index contributed by atoms with van der Waals surface area (Å²) in [5, 5.41) is 5.79. The number of carbonyl (C=O) groups excluding carboxylic acids is 1. The van der Waals surface area contributed by atoms with Gasteiger partial charge in [0.2, 0.25) is 0 Å². The SMILES string of the molecule is COC(=O)CCNCCc1ccc2ccccc2c1. The number of rotatable bonds is 6. The molecule has 0 bridgehead atoms. The fourth-order valence-corrected chi connectivity index (χ4v) is 2.04. The summed E-state index contributed by atoms with van der Waals surface area (Å²) in [4.78, 5) is 10.9. The van der Waals surface area contributed by atoms with E-state index in [1.54, 1.807) is 0 Å². The van der Waals surface area contributed by atoms with E-state index in [4.69, 9.17) is 0 Å². The monoisotopic (exact) mass is 257 g/mol. The molecule has 0 heterocycles. The van der Waals surface area contributed by atoms with E-state index in [-0.39, 0.29) is 5.97 Å². The van der Waals surface area contributed by atoms with E-state index in [0.29, 0.717) is 13.0 Å². The number of carbonyl (C=O) groups is 1. The van der Waals surface area contributed by atoms with E-state index in [1.165, 1.54) is 23.4 Å². The molecule has 0 aliphatic carbocycles. The van der Waals surface area contributed by atoms with Gasteiger partial charge in [-0.3, -0.25) is 4.79 Å². The van der Waals surface area contributed by atoms with Crippen molar-refractivity contribution in [3.8, 4) is 0 Å². The van der Waals surface area contributed by atoms with Crippen molar-refractivity contribution in [1.29, 1.82) is 0 Å². The number of hydrogen-bond acceptors (Lipinski definition) is 3. The van der Waals surface area contributed by atoms with Crippen LogP contribution in [0.25, 0.3) is 10.8 Å². The molecular weight excluding hydrogens is 238 g/mol. The predicted molar refractivity (Wildman–Crippen MR) is 77.2 cm³/mol. The van der Waals surface area contributed by atoms with Gasteiger partial charge in [-0.25, -0.2) is 0 Å². The van der Waals surface area contributed by atoms with Crippen LogP contribution in [0.4, 0.5) is 0 Å². The highest BCUT2D eigenvalue weighted by Gasteiger charge is 1.99. The second-order valence-corrected chi connectivity index (χ2v) is 4.51. The third kappa shape index (κ3) is 4.07. The molecule has 0 saturated heterocycles. The number of fused-ring (bicyclic) bond motifs is 1. The van der Waals surface area contributed by atoms with E-state index in [9.17, 15) is 4.79 Å². The average molecular weight is 257 g/mol. The minimum Gasteiger partial charge on any atom is -0.469 e. The Kier molecular flexibility index (Phi) is 4.93. The second kappa shape index (κ2) is 6.90. The first kappa shape index (κ1) is 13.6. The molecule has 0 aliphatic rings. The topological polar surface area (TPSA) is 38.3 Å². The van der Waals surface area contributed by atoms with E-state index in [2.05, 4.69) is 52.5 Å². The van der Waals surface area contributed by atoms with Crippen LogP contribution in [0, 0.1) is 0 Å². The maximum absolute atomic E-state index is 10.9. The zero-order chi connectivity index (χ0) is 13.5. The van der Waals surface area contributed by atoms with Gasteiger partial charge in [-0.1, -0.05) is 42.5 Å². The van der Waals surface area contributed by atoms with Crippen LogP contribution in [0.3, 0.4) is 0 Å². The Labute approximate surface area is 113 Å². The van der Waals surface area contributed by atoms with Gasteiger partial charge in [0, 0.05) is 6.54 Å². The molecule has 0 fully saturated rings. The maximum Gasteiger partial charge on any atom is 0.306 e. The summed E-state index contributed by atoms with van der Waals surface area (Å²) < 4.78 is 4.58. The van der Waals surface area contributed by atoms with Gasteiger partial charge in [0.05, 0.1) is 13.5 Å². The Hall–Kier alpha value is -1.87. The van der Waals surface area contributed by atoms with Crippen molar-refractivity contribution < 1.29 is 9.53 Å². The zero-order valence-corrected chi connectivity index (χ0v) is 11.2. The lowest BCUT2D eigenvalue weighted by Gasteiger charge is -2.05. The normalized spacial score (nSPS) is 10.6. The number of methoxy groups -OCH3 is 1. The Morgan fingerprint density at radius 1 is 1.11 bits per heavy atom. The molecular formula is C16H19NO2. The van der Waals surface area contributed by atoms with Crippen LogP contribution in [0.2, 0.25) is 0 Å². The average Bonchev–Trinajstić information content (AvgIpc) is 2.46. The van der Waals surface area contributed by atoms with E-state index >= 15 is 0 Å². The first-order valence-corrected chi connectivity index (χ1v) is 6.55. The largest absolute Gasteiger partial charge is 0.469 e. The Balaban J connectivity index is 1.80. The van der Waals surface area contributed by atoms with E-state index < -0.39 is 0 Å². The third-order valence-corrected chi connectivity index (χ3v) is 3.14. The van der Waals surface area contributed by atoms with Crippen molar-refractivity contribution in [3.63, 3.8) is 0 Å². The molecule has 2 aromatic carbocycles. The molecule has 0 aromatic heterocycles. The number of nitrogens with one attached hydrogen (secondary N) is 1. The first-order chi connectivity index (χ1) is 9.29. The molecule has 3 heteroatoms.